The first-order valence-corrected chi connectivity index (χ1v) is 43.0. The maximum absolute atomic E-state index is 13.1. The number of hydrogen-bond donors (Lipinski definition) is 3. The van der Waals surface area contributed by atoms with Crippen molar-refractivity contribution in [3.63, 3.8) is 0 Å². The van der Waals surface area contributed by atoms with Crippen LogP contribution in [-0.2, 0) is 65.4 Å². The first kappa shape index (κ1) is 94.1. The fourth-order valence-corrected chi connectivity index (χ4v) is 13.4. The highest BCUT2D eigenvalue weighted by molar-refractivity contribution is 7.47. The molecule has 0 aliphatic heterocycles. The zero-order chi connectivity index (χ0) is 70.7. The maximum atomic E-state index is 13.1. The van der Waals surface area contributed by atoms with Gasteiger partial charge in [0.15, 0.2) is 12.2 Å². The van der Waals surface area contributed by atoms with Crippen LogP contribution in [0.3, 0.4) is 0 Å². The molecule has 0 aliphatic carbocycles. The number of carbonyl (C=O) groups excluding carboxylic acids is 4. The second kappa shape index (κ2) is 68.8. The van der Waals surface area contributed by atoms with E-state index in [2.05, 4.69) is 41.5 Å². The van der Waals surface area contributed by atoms with E-state index in [0.717, 1.165) is 102 Å². The Morgan fingerprint density at radius 3 is 0.708 bits per heavy atom. The van der Waals surface area contributed by atoms with E-state index >= 15 is 0 Å². The molecule has 0 rings (SSSR count). The molecule has 5 atom stereocenters. The van der Waals surface area contributed by atoms with E-state index in [9.17, 15) is 43.2 Å². The Morgan fingerprint density at radius 1 is 0.281 bits per heavy atom. The predicted molar refractivity (Wildman–Crippen MR) is 391 cm³/mol. The van der Waals surface area contributed by atoms with Gasteiger partial charge in [-0.2, -0.15) is 0 Å². The van der Waals surface area contributed by atoms with E-state index < -0.39 is 97.5 Å². The fourth-order valence-electron chi connectivity index (χ4n) is 11.8. The van der Waals surface area contributed by atoms with Gasteiger partial charge < -0.3 is 33.8 Å². The molecule has 0 aliphatic rings. The fraction of sp³-hybridized carbons (Fsp3) is 0.948. The Hall–Kier alpha value is -1.94. The van der Waals surface area contributed by atoms with Crippen LogP contribution in [0.5, 0.6) is 0 Å². The summed E-state index contributed by atoms with van der Waals surface area (Å²) in [7, 11) is -9.91. The van der Waals surface area contributed by atoms with Gasteiger partial charge >= 0.3 is 39.5 Å². The third-order valence-electron chi connectivity index (χ3n) is 18.0. The number of rotatable bonds is 76. The molecule has 0 radical (unpaired) electrons. The second-order valence-electron chi connectivity index (χ2n) is 28.7. The summed E-state index contributed by atoms with van der Waals surface area (Å²) in [5.74, 6) is -0.603. The Kier molecular flexibility index (Phi) is 67.4. The van der Waals surface area contributed by atoms with Crippen molar-refractivity contribution in [1.29, 1.82) is 0 Å². The first-order valence-electron chi connectivity index (χ1n) is 40.0. The molecule has 0 aromatic carbocycles. The van der Waals surface area contributed by atoms with E-state index in [1.165, 1.54) is 218 Å². The number of aliphatic hydroxyl groups excluding tert-OH is 1. The maximum Gasteiger partial charge on any atom is 0.472 e. The second-order valence-corrected chi connectivity index (χ2v) is 31.6. The molecule has 0 spiro atoms. The third kappa shape index (κ3) is 70.5. The van der Waals surface area contributed by atoms with Crippen molar-refractivity contribution in [2.45, 2.75) is 419 Å². The number of phosphoric acid groups is 2. The molecule has 19 heteroatoms. The standard InChI is InChI=1S/C77H150O17P2/c1-7-9-11-13-15-17-19-20-21-22-23-24-25-26-28-37-43-49-55-61-76(81)93-72(66-88-75(80)60-54-48-42-36-31-29-33-39-45-51-57-69(3)4)67-91-95(83,84)89-63-71(78)64-90-96(85,86)92-68-73(65-87-74(79)59-53-47-41-35-27-18-16-14-12-10-8-2)94-77(82)62-56-50-44-38-32-30-34-40-46-52-58-70(5)6/h69-73,78H,7-68H2,1-6H3,(H,83,84)(H,85,86)/t71-,72-,73-/m1/s1. The molecule has 17 nitrogen and oxygen atoms in total. The van der Waals surface area contributed by atoms with Gasteiger partial charge in [0.1, 0.15) is 19.3 Å². The van der Waals surface area contributed by atoms with Crippen LogP contribution in [0.4, 0.5) is 0 Å². The Labute approximate surface area is 588 Å². The summed E-state index contributed by atoms with van der Waals surface area (Å²) in [6.07, 6.45) is 56.8. The minimum Gasteiger partial charge on any atom is -0.462 e. The molecule has 570 valence electrons. The van der Waals surface area contributed by atoms with Crippen molar-refractivity contribution in [1.82, 2.24) is 0 Å². The lowest BCUT2D eigenvalue weighted by Gasteiger charge is -2.21. The van der Waals surface area contributed by atoms with E-state index in [-0.39, 0.29) is 25.7 Å². The topological polar surface area (TPSA) is 237 Å². The SMILES string of the molecule is CCCCCCCCCCCCCCCCCCCCCC(=O)O[C@H](COC(=O)CCCCCCCCCCCCC(C)C)COP(=O)(O)OC[C@@H](O)COP(=O)(O)OC[C@@H](COC(=O)CCCCCCCCCCCCC)OC(=O)CCCCCCCCCCCCC(C)C. The van der Waals surface area contributed by atoms with E-state index in [0.29, 0.717) is 25.7 Å². The summed E-state index contributed by atoms with van der Waals surface area (Å²) in [5, 5.41) is 10.6. The van der Waals surface area contributed by atoms with Crippen LogP contribution in [0.2, 0.25) is 0 Å². The molecule has 0 aromatic rings. The zero-order valence-electron chi connectivity index (χ0n) is 62.7. The lowest BCUT2D eigenvalue weighted by molar-refractivity contribution is -0.161. The summed E-state index contributed by atoms with van der Waals surface area (Å²) in [5.41, 5.74) is 0. The molecule has 0 bridgehead atoms. The van der Waals surface area contributed by atoms with Crippen LogP contribution < -0.4 is 0 Å². The molecule has 0 saturated heterocycles. The van der Waals surface area contributed by atoms with Crippen molar-refractivity contribution in [2.24, 2.45) is 11.8 Å². The summed E-state index contributed by atoms with van der Waals surface area (Å²) < 4.78 is 68.6. The molecule has 0 fully saturated rings. The first-order chi connectivity index (χ1) is 46.4. The lowest BCUT2D eigenvalue weighted by Crippen LogP contribution is -2.30. The molecular weight excluding hydrogens is 1260 g/mol. The van der Waals surface area contributed by atoms with Crippen molar-refractivity contribution < 1.29 is 80.2 Å². The summed E-state index contributed by atoms with van der Waals surface area (Å²) in [6, 6.07) is 0. The monoisotopic (exact) mass is 1410 g/mol. The minimum atomic E-state index is -4.96. The number of ether oxygens (including phenoxy) is 4. The number of carbonyl (C=O) groups is 4. The summed E-state index contributed by atoms with van der Waals surface area (Å²) >= 11 is 0. The highest BCUT2D eigenvalue weighted by atomic mass is 31.2. The van der Waals surface area contributed by atoms with Crippen LogP contribution in [0.25, 0.3) is 0 Å². The van der Waals surface area contributed by atoms with Gasteiger partial charge in [-0.3, -0.25) is 37.3 Å². The number of phosphoric ester groups is 2. The van der Waals surface area contributed by atoms with Crippen LogP contribution in [0.15, 0.2) is 0 Å². The number of aliphatic hydroxyl groups is 1. The predicted octanol–water partition coefficient (Wildman–Crippen LogP) is 22.7. The normalized spacial score (nSPS) is 14.0. The van der Waals surface area contributed by atoms with E-state index in [4.69, 9.17) is 37.0 Å². The van der Waals surface area contributed by atoms with Gasteiger partial charge in [0.2, 0.25) is 0 Å². The van der Waals surface area contributed by atoms with Crippen molar-refractivity contribution >= 4 is 39.5 Å². The van der Waals surface area contributed by atoms with Crippen molar-refractivity contribution in [3.8, 4) is 0 Å². The van der Waals surface area contributed by atoms with Crippen LogP contribution in [-0.4, -0.2) is 96.7 Å². The summed E-state index contributed by atoms with van der Waals surface area (Å²) in [4.78, 5) is 72.9. The highest BCUT2D eigenvalue weighted by Crippen LogP contribution is 2.45. The van der Waals surface area contributed by atoms with Gasteiger partial charge in [0.05, 0.1) is 26.4 Å². The number of esters is 4. The van der Waals surface area contributed by atoms with Gasteiger partial charge in [-0.25, -0.2) is 9.13 Å². The lowest BCUT2D eigenvalue weighted by atomic mass is 10.0. The van der Waals surface area contributed by atoms with Crippen molar-refractivity contribution in [2.75, 3.05) is 39.6 Å². The van der Waals surface area contributed by atoms with E-state index in [1.54, 1.807) is 0 Å². The third-order valence-corrected chi connectivity index (χ3v) is 19.9. The molecule has 3 N–H and O–H groups in total. The molecular formula is C77H150O17P2. The number of unbranched alkanes of at least 4 members (excludes halogenated alkanes) is 46. The van der Waals surface area contributed by atoms with Crippen LogP contribution in [0.1, 0.15) is 401 Å². The highest BCUT2D eigenvalue weighted by Gasteiger charge is 2.30. The number of hydrogen-bond acceptors (Lipinski definition) is 15. The van der Waals surface area contributed by atoms with E-state index in [1.807, 2.05) is 0 Å². The Balaban J connectivity index is 5.24. The average molecular weight is 1410 g/mol. The van der Waals surface area contributed by atoms with Gasteiger partial charge in [0, 0.05) is 25.7 Å². The largest absolute Gasteiger partial charge is 0.472 e. The van der Waals surface area contributed by atoms with Crippen LogP contribution >= 0.6 is 15.6 Å². The summed E-state index contributed by atoms with van der Waals surface area (Å²) in [6.45, 7) is 9.59. The molecule has 0 aromatic heterocycles. The molecule has 0 heterocycles. The quantitative estimate of drug-likeness (QED) is 0.0222. The molecule has 96 heavy (non-hydrogen) atoms. The Morgan fingerprint density at radius 2 is 0.479 bits per heavy atom. The molecule has 2 unspecified atom stereocenters. The molecule has 0 amide bonds. The average Bonchev–Trinajstić information content (AvgIpc) is 1.72. The van der Waals surface area contributed by atoms with Gasteiger partial charge in [0.25, 0.3) is 0 Å². The van der Waals surface area contributed by atoms with Gasteiger partial charge in [-0.05, 0) is 37.5 Å². The van der Waals surface area contributed by atoms with Gasteiger partial charge in [-0.1, -0.05) is 350 Å². The van der Waals surface area contributed by atoms with Crippen molar-refractivity contribution in [3.05, 3.63) is 0 Å². The Bertz CT molecular complexity index is 1860. The minimum absolute atomic E-state index is 0.106. The smallest absolute Gasteiger partial charge is 0.462 e. The van der Waals surface area contributed by atoms with Gasteiger partial charge in [-0.15, -0.1) is 0 Å². The van der Waals surface area contributed by atoms with Crippen LogP contribution in [0, 0.1) is 11.8 Å². The molecule has 0 saturated carbocycles. The zero-order valence-corrected chi connectivity index (χ0v) is 64.5.